The van der Waals surface area contributed by atoms with Gasteiger partial charge in [0.05, 0.1) is 5.69 Å². The molecule has 2 nitrogen and oxygen atoms in total. The summed E-state index contributed by atoms with van der Waals surface area (Å²) >= 11 is 0. The van der Waals surface area contributed by atoms with Gasteiger partial charge in [0, 0.05) is 34.0 Å². The van der Waals surface area contributed by atoms with E-state index in [2.05, 4.69) is 422 Å². The molecule has 0 saturated carbocycles. The van der Waals surface area contributed by atoms with Gasteiger partial charge in [0.1, 0.15) is 0 Å². The Bertz CT molecular complexity index is 6780. The zero-order valence-corrected chi connectivity index (χ0v) is 58.2. The van der Waals surface area contributed by atoms with E-state index in [0.29, 0.717) is 0 Å². The Morgan fingerprint density at radius 3 is 0.896 bits per heavy atom. The van der Waals surface area contributed by atoms with Crippen molar-refractivity contribution >= 4 is 120 Å². The quantitative estimate of drug-likeness (QED) is 0.106. The molecule has 0 aromatic heterocycles. The molecule has 0 bridgehead atoms. The Morgan fingerprint density at radius 2 is 0.415 bits per heavy atom. The Labute approximate surface area is 616 Å². The first-order valence-electron chi connectivity index (χ1n) is 36.6. The highest BCUT2D eigenvalue weighted by Gasteiger charge is 2.21. The number of hydrogen-bond donors (Lipinski definition) is 0. The molecule has 0 saturated heterocycles. The van der Waals surface area contributed by atoms with Gasteiger partial charge in [0.25, 0.3) is 0 Å². The summed E-state index contributed by atoms with van der Waals surface area (Å²) in [6.07, 6.45) is 0. The van der Waals surface area contributed by atoms with Gasteiger partial charge in [-0.15, -0.1) is 0 Å². The van der Waals surface area contributed by atoms with Gasteiger partial charge in [-0.3, -0.25) is 0 Å². The minimum atomic E-state index is 1.09. The van der Waals surface area contributed by atoms with E-state index in [1.165, 1.54) is 164 Å². The number of hydrogen-bond acceptors (Lipinski definition) is 2. The Kier molecular flexibility index (Phi) is 15.3. The van der Waals surface area contributed by atoms with Crippen LogP contribution in [0.2, 0.25) is 0 Å². The summed E-state index contributed by atoms with van der Waals surface area (Å²) in [4.78, 5) is 4.77. The first-order valence-corrected chi connectivity index (χ1v) is 36.6. The van der Waals surface area contributed by atoms with Crippen LogP contribution in [0.1, 0.15) is 0 Å². The van der Waals surface area contributed by atoms with Crippen molar-refractivity contribution in [1.29, 1.82) is 0 Å². The van der Waals surface area contributed by atoms with E-state index in [1.807, 2.05) is 0 Å². The van der Waals surface area contributed by atoms with Crippen LogP contribution >= 0.6 is 0 Å². The SMILES string of the molecule is c1ccc(-c2cccc(N(c3ccc(-c4ccc5c(ccc6ccccc65)c4)cc3)c3ccc(-c4ccc5c(ccc6c(-c7ccc8c(ccc9cc(-c%10ccc(N(c%11ccc(-c%12ccc%13c(ccc%14ccccc%14%13)c%12)cc%11)c%11ccccc%11-c%11ccccc%11)cc%10)ccc98)c7)cccc65)c4)cc3)c2)cc1. The first kappa shape index (κ1) is 61.9. The predicted molar refractivity (Wildman–Crippen MR) is 454 cm³/mol. The maximum atomic E-state index is 2.40. The van der Waals surface area contributed by atoms with Crippen molar-refractivity contribution in [1.82, 2.24) is 0 Å². The summed E-state index contributed by atoms with van der Waals surface area (Å²) in [5.41, 5.74) is 23.2. The Morgan fingerprint density at radius 1 is 0.123 bits per heavy atom. The van der Waals surface area contributed by atoms with Gasteiger partial charge < -0.3 is 9.80 Å². The van der Waals surface area contributed by atoms with Crippen molar-refractivity contribution in [3.05, 3.63) is 413 Å². The molecule has 20 rings (SSSR count). The Balaban J connectivity index is 0.570. The lowest BCUT2D eigenvalue weighted by Crippen LogP contribution is -2.11. The third kappa shape index (κ3) is 11.2. The van der Waals surface area contributed by atoms with Crippen LogP contribution in [0.3, 0.4) is 0 Å². The number of rotatable bonds is 13. The van der Waals surface area contributed by atoms with Crippen LogP contribution in [0.15, 0.2) is 413 Å². The van der Waals surface area contributed by atoms with E-state index in [-0.39, 0.29) is 0 Å². The molecule has 0 amide bonds. The van der Waals surface area contributed by atoms with Gasteiger partial charge in [-0.05, 0) is 256 Å². The van der Waals surface area contributed by atoms with E-state index in [1.54, 1.807) is 0 Å². The van der Waals surface area contributed by atoms with Gasteiger partial charge in [-0.2, -0.15) is 0 Å². The number of anilines is 6. The molecular formula is C104H68N2. The minimum Gasteiger partial charge on any atom is -0.310 e. The van der Waals surface area contributed by atoms with E-state index in [9.17, 15) is 0 Å². The number of para-hydroxylation sites is 1. The van der Waals surface area contributed by atoms with E-state index in [4.69, 9.17) is 0 Å². The summed E-state index contributed by atoms with van der Waals surface area (Å²) in [5.74, 6) is 0. The molecule has 0 heterocycles. The van der Waals surface area contributed by atoms with Gasteiger partial charge in [-0.1, -0.05) is 315 Å². The lowest BCUT2D eigenvalue weighted by Gasteiger charge is -2.28. The molecule has 0 atom stereocenters. The molecule has 0 aliphatic carbocycles. The van der Waals surface area contributed by atoms with Crippen LogP contribution in [-0.2, 0) is 0 Å². The van der Waals surface area contributed by atoms with E-state index in [0.717, 1.165) is 34.1 Å². The van der Waals surface area contributed by atoms with Crippen molar-refractivity contribution in [2.75, 3.05) is 9.80 Å². The third-order valence-electron chi connectivity index (χ3n) is 21.8. The number of nitrogens with zero attached hydrogens (tertiary/aromatic N) is 2. The van der Waals surface area contributed by atoms with Crippen molar-refractivity contribution in [3.63, 3.8) is 0 Å². The fourth-order valence-electron chi connectivity index (χ4n) is 16.4. The second-order valence-electron chi connectivity index (χ2n) is 27.9. The zero-order valence-electron chi connectivity index (χ0n) is 58.2. The lowest BCUT2D eigenvalue weighted by atomic mass is 9.91. The summed E-state index contributed by atoms with van der Waals surface area (Å²) in [7, 11) is 0. The van der Waals surface area contributed by atoms with Crippen LogP contribution in [-0.4, -0.2) is 0 Å². The molecule has 0 radical (unpaired) electrons. The topological polar surface area (TPSA) is 6.48 Å². The van der Waals surface area contributed by atoms with Gasteiger partial charge in [-0.25, -0.2) is 0 Å². The first-order chi connectivity index (χ1) is 52.5. The molecule has 0 unspecified atom stereocenters. The molecule has 106 heavy (non-hydrogen) atoms. The molecule has 2 heteroatoms. The molecule has 0 fully saturated rings. The molecular weight excluding hydrogens is 1280 g/mol. The average molecular weight is 1350 g/mol. The summed E-state index contributed by atoms with van der Waals surface area (Å²) in [5, 5.41) is 20.0. The highest BCUT2D eigenvalue weighted by Crippen LogP contribution is 2.45. The van der Waals surface area contributed by atoms with Crippen LogP contribution in [0.4, 0.5) is 34.1 Å². The summed E-state index contributed by atoms with van der Waals surface area (Å²) in [6, 6.07) is 152. The van der Waals surface area contributed by atoms with E-state index >= 15 is 0 Å². The molecule has 20 aromatic rings. The summed E-state index contributed by atoms with van der Waals surface area (Å²) < 4.78 is 0. The number of fused-ring (bicyclic) bond motifs is 12. The van der Waals surface area contributed by atoms with Crippen molar-refractivity contribution < 1.29 is 0 Å². The zero-order chi connectivity index (χ0) is 70.0. The average Bonchev–Trinajstić information content (AvgIpc) is 0.608. The van der Waals surface area contributed by atoms with Crippen LogP contribution in [0, 0.1) is 0 Å². The number of benzene rings is 20. The van der Waals surface area contributed by atoms with Crippen LogP contribution in [0.25, 0.3) is 164 Å². The largest absolute Gasteiger partial charge is 0.310 e. The third-order valence-corrected chi connectivity index (χ3v) is 21.8. The second kappa shape index (κ2) is 26.2. The van der Waals surface area contributed by atoms with Gasteiger partial charge >= 0.3 is 0 Å². The summed E-state index contributed by atoms with van der Waals surface area (Å²) in [6.45, 7) is 0. The Hall–Kier alpha value is -13.9. The molecule has 0 aliphatic heterocycles. The van der Waals surface area contributed by atoms with Crippen molar-refractivity contribution in [2.45, 2.75) is 0 Å². The highest BCUT2D eigenvalue weighted by atomic mass is 15.1. The molecule has 20 aromatic carbocycles. The van der Waals surface area contributed by atoms with Crippen molar-refractivity contribution in [3.8, 4) is 77.9 Å². The maximum absolute atomic E-state index is 2.40. The molecule has 0 spiro atoms. The maximum Gasteiger partial charge on any atom is 0.0540 e. The fraction of sp³-hybridized carbons (Fsp3) is 0. The van der Waals surface area contributed by atoms with Gasteiger partial charge in [0.2, 0.25) is 0 Å². The molecule has 0 aliphatic rings. The van der Waals surface area contributed by atoms with Crippen LogP contribution < -0.4 is 9.80 Å². The molecule has 494 valence electrons. The second-order valence-corrected chi connectivity index (χ2v) is 27.9. The molecule has 0 N–H and O–H groups in total. The monoisotopic (exact) mass is 1340 g/mol. The fourth-order valence-corrected chi connectivity index (χ4v) is 16.4. The normalized spacial score (nSPS) is 11.6. The minimum absolute atomic E-state index is 1.09. The van der Waals surface area contributed by atoms with Crippen LogP contribution in [0.5, 0.6) is 0 Å². The lowest BCUT2D eigenvalue weighted by molar-refractivity contribution is 1.28. The smallest absolute Gasteiger partial charge is 0.0540 e. The van der Waals surface area contributed by atoms with Gasteiger partial charge in [0.15, 0.2) is 0 Å². The standard InChI is InChI=1S/C104H68N2/c1-3-15-69(16-4-1)77-21-13-22-92(68-77)105(88-49-35-70(36-50-88)78-43-57-96-82(63-78)31-29-75-19-7-9-23-93(75)96)89-51-37-71(38-52-89)81-46-60-100-86(66-81)48-62-103-95(26-14-27-102(100)103)87-47-61-99-85(67-87)34-33-84-65-80(45-59-98(84)99)73-41-55-91(56-42-73)106(104-28-12-11-25-101(104)74-17-5-2-6-18-74)90-53-39-72(40-54-90)79-44-58-97-83(64-79)32-30-76-20-8-10-24-94(76)97/h1-68H. The van der Waals surface area contributed by atoms with E-state index < -0.39 is 0 Å². The highest BCUT2D eigenvalue weighted by molar-refractivity contribution is 6.15. The predicted octanol–water partition coefficient (Wildman–Crippen LogP) is 29.5. The van der Waals surface area contributed by atoms with Crippen molar-refractivity contribution in [2.24, 2.45) is 0 Å².